The molecule has 1 unspecified atom stereocenters. The molecule has 2 aromatic rings. The molecule has 1 aliphatic heterocycles. The molecule has 0 aromatic carbocycles. The molecule has 0 bridgehead atoms. The third kappa shape index (κ3) is 3.44. The van der Waals surface area contributed by atoms with Gasteiger partial charge in [-0.2, -0.15) is 5.10 Å². The summed E-state index contributed by atoms with van der Waals surface area (Å²) in [6.45, 7) is 4.79. The Morgan fingerprint density at radius 1 is 1.48 bits per heavy atom. The van der Waals surface area contributed by atoms with E-state index in [1.807, 2.05) is 14.0 Å². The number of carbonyl (C=O) groups excluding carboxylic acids is 1. The lowest BCUT2D eigenvalue weighted by atomic mass is 9.98. The lowest BCUT2D eigenvalue weighted by Crippen LogP contribution is -2.39. The number of amides is 1. The number of hydrogen-bond donors (Lipinski definition) is 1. The van der Waals surface area contributed by atoms with E-state index in [9.17, 15) is 4.79 Å². The normalized spacial score (nSPS) is 19.0. The summed E-state index contributed by atoms with van der Waals surface area (Å²) in [5.41, 5.74) is 2.14. The van der Waals surface area contributed by atoms with Crippen molar-refractivity contribution >= 4 is 5.91 Å². The number of nitrogens with one attached hydrogen (secondary N) is 1. The van der Waals surface area contributed by atoms with Crippen LogP contribution in [-0.4, -0.2) is 52.4 Å². The minimum absolute atomic E-state index is 0.185. The van der Waals surface area contributed by atoms with Gasteiger partial charge in [-0.15, -0.1) is 0 Å². The average Bonchev–Trinajstić information content (AvgIpc) is 3.13. The summed E-state index contributed by atoms with van der Waals surface area (Å²) in [4.78, 5) is 14.5. The van der Waals surface area contributed by atoms with Gasteiger partial charge in [0, 0.05) is 31.9 Å². The molecule has 1 fully saturated rings. The number of rotatable bonds is 4. The molecule has 2 aromatic heterocycles. The molecule has 0 aliphatic carbocycles. The first-order valence-electron chi connectivity index (χ1n) is 7.97. The van der Waals surface area contributed by atoms with Crippen LogP contribution in [0.2, 0.25) is 0 Å². The Morgan fingerprint density at radius 2 is 2.30 bits per heavy atom. The molecule has 1 N–H and O–H groups in total. The number of aryl methyl sites for hydroxylation is 1. The molecule has 0 saturated carbocycles. The molecule has 7 nitrogen and oxygen atoms in total. The van der Waals surface area contributed by atoms with Gasteiger partial charge in [0.1, 0.15) is 0 Å². The number of nitrogens with zero attached hydrogens (tertiary/aromatic N) is 4. The van der Waals surface area contributed by atoms with Crippen molar-refractivity contribution in [2.45, 2.75) is 19.8 Å². The third-order valence-electron chi connectivity index (χ3n) is 4.52. The Bertz CT molecular complexity index is 690. The highest BCUT2D eigenvalue weighted by molar-refractivity contribution is 5.93. The van der Waals surface area contributed by atoms with Crippen LogP contribution in [0.25, 0.3) is 11.3 Å². The first-order chi connectivity index (χ1) is 11.0. The van der Waals surface area contributed by atoms with Gasteiger partial charge in [0.2, 0.25) is 0 Å². The molecule has 3 heterocycles. The smallest absolute Gasteiger partial charge is 0.273 e. The molecule has 0 radical (unpaired) electrons. The van der Waals surface area contributed by atoms with Crippen molar-refractivity contribution in [3.63, 3.8) is 0 Å². The second kappa shape index (κ2) is 6.54. The molecule has 3 rings (SSSR count). The van der Waals surface area contributed by atoms with Gasteiger partial charge in [0.15, 0.2) is 11.5 Å². The van der Waals surface area contributed by atoms with E-state index >= 15 is 0 Å². The first-order valence-corrected chi connectivity index (χ1v) is 7.97. The maximum atomic E-state index is 12.2. The first kappa shape index (κ1) is 15.7. The van der Waals surface area contributed by atoms with Crippen molar-refractivity contribution in [1.82, 2.24) is 25.2 Å². The van der Waals surface area contributed by atoms with Gasteiger partial charge in [0.25, 0.3) is 5.91 Å². The SMILES string of the molecule is Cc1c(-c2cc(C(=O)NCC3CCCN(C)C3)no2)cnn1C. The van der Waals surface area contributed by atoms with Crippen molar-refractivity contribution in [2.24, 2.45) is 13.0 Å². The van der Waals surface area contributed by atoms with E-state index < -0.39 is 0 Å². The van der Waals surface area contributed by atoms with Crippen molar-refractivity contribution in [3.8, 4) is 11.3 Å². The van der Waals surface area contributed by atoms with Crippen molar-refractivity contribution in [1.29, 1.82) is 0 Å². The highest BCUT2D eigenvalue weighted by Crippen LogP contribution is 2.23. The second-order valence-corrected chi connectivity index (χ2v) is 6.32. The summed E-state index contributed by atoms with van der Waals surface area (Å²) < 4.78 is 7.06. The number of aromatic nitrogens is 3. The number of piperidine rings is 1. The Hall–Kier alpha value is -2.15. The second-order valence-electron chi connectivity index (χ2n) is 6.32. The number of hydrogen-bond acceptors (Lipinski definition) is 5. The number of likely N-dealkylation sites (tertiary alicyclic amines) is 1. The Labute approximate surface area is 135 Å². The van der Waals surface area contributed by atoms with Gasteiger partial charge >= 0.3 is 0 Å². The van der Waals surface area contributed by atoms with Crippen LogP contribution in [0.3, 0.4) is 0 Å². The van der Waals surface area contributed by atoms with Crippen molar-refractivity contribution in [2.75, 3.05) is 26.7 Å². The van der Waals surface area contributed by atoms with E-state index in [1.54, 1.807) is 16.9 Å². The maximum absolute atomic E-state index is 12.2. The topological polar surface area (TPSA) is 76.2 Å². The Balaban J connectivity index is 1.61. The van der Waals surface area contributed by atoms with E-state index in [2.05, 4.69) is 27.5 Å². The molecule has 0 spiro atoms. The molecular weight excluding hydrogens is 294 g/mol. The molecule has 1 amide bonds. The molecule has 23 heavy (non-hydrogen) atoms. The lowest BCUT2D eigenvalue weighted by molar-refractivity contribution is 0.0928. The molecule has 7 heteroatoms. The fraction of sp³-hybridized carbons (Fsp3) is 0.562. The lowest BCUT2D eigenvalue weighted by Gasteiger charge is -2.29. The quantitative estimate of drug-likeness (QED) is 0.924. The summed E-state index contributed by atoms with van der Waals surface area (Å²) in [5, 5.41) is 11.0. The largest absolute Gasteiger partial charge is 0.355 e. The molecule has 1 saturated heterocycles. The zero-order chi connectivity index (χ0) is 16.4. The zero-order valence-electron chi connectivity index (χ0n) is 13.9. The summed E-state index contributed by atoms with van der Waals surface area (Å²) in [5.74, 6) is 0.887. The van der Waals surface area contributed by atoms with E-state index in [4.69, 9.17) is 4.52 Å². The van der Waals surface area contributed by atoms with Gasteiger partial charge in [-0.05, 0) is 39.3 Å². The summed E-state index contributed by atoms with van der Waals surface area (Å²) >= 11 is 0. The molecule has 124 valence electrons. The van der Waals surface area contributed by atoms with Crippen LogP contribution in [0.5, 0.6) is 0 Å². The summed E-state index contributed by atoms with van der Waals surface area (Å²) in [6, 6.07) is 1.67. The van der Waals surface area contributed by atoms with Crippen LogP contribution in [0, 0.1) is 12.8 Å². The Morgan fingerprint density at radius 3 is 3.00 bits per heavy atom. The van der Waals surface area contributed by atoms with Crippen LogP contribution < -0.4 is 5.32 Å². The monoisotopic (exact) mass is 317 g/mol. The van der Waals surface area contributed by atoms with E-state index in [-0.39, 0.29) is 5.91 Å². The predicted molar refractivity (Wildman–Crippen MR) is 86.0 cm³/mol. The van der Waals surface area contributed by atoms with Crippen molar-refractivity contribution in [3.05, 3.63) is 23.7 Å². The maximum Gasteiger partial charge on any atom is 0.273 e. The van der Waals surface area contributed by atoms with Gasteiger partial charge in [0.05, 0.1) is 11.8 Å². The van der Waals surface area contributed by atoms with E-state index in [1.165, 1.54) is 6.42 Å². The number of carbonyl (C=O) groups is 1. The molecule has 1 aliphatic rings. The van der Waals surface area contributed by atoms with E-state index in [0.717, 1.165) is 30.8 Å². The fourth-order valence-electron chi connectivity index (χ4n) is 3.02. The minimum atomic E-state index is -0.185. The summed E-state index contributed by atoms with van der Waals surface area (Å²) in [6.07, 6.45) is 4.06. The predicted octanol–water partition coefficient (Wildman–Crippen LogP) is 1.46. The fourth-order valence-corrected chi connectivity index (χ4v) is 3.02. The van der Waals surface area contributed by atoms with Crippen molar-refractivity contribution < 1.29 is 9.32 Å². The highest BCUT2D eigenvalue weighted by Gasteiger charge is 2.20. The van der Waals surface area contributed by atoms with Crippen LogP contribution in [-0.2, 0) is 7.05 Å². The van der Waals surface area contributed by atoms with Gasteiger partial charge in [-0.25, -0.2) is 0 Å². The standard InChI is InChI=1S/C16H23N5O2/c1-11-13(9-18-21(11)3)15-7-14(19-23-15)16(22)17-8-12-5-4-6-20(2)10-12/h7,9,12H,4-6,8,10H2,1-3H3,(H,17,22). The minimum Gasteiger partial charge on any atom is -0.355 e. The zero-order valence-corrected chi connectivity index (χ0v) is 13.9. The third-order valence-corrected chi connectivity index (χ3v) is 4.52. The van der Waals surface area contributed by atoms with Crippen LogP contribution in [0.4, 0.5) is 0 Å². The van der Waals surface area contributed by atoms with Crippen LogP contribution in [0.15, 0.2) is 16.8 Å². The average molecular weight is 317 g/mol. The van der Waals surface area contributed by atoms with Gasteiger partial charge < -0.3 is 14.7 Å². The molecular formula is C16H23N5O2. The van der Waals surface area contributed by atoms with Gasteiger partial charge in [-0.1, -0.05) is 5.16 Å². The van der Waals surface area contributed by atoms with Crippen LogP contribution >= 0.6 is 0 Å². The van der Waals surface area contributed by atoms with Crippen LogP contribution in [0.1, 0.15) is 29.0 Å². The molecule has 1 atom stereocenters. The Kier molecular flexibility index (Phi) is 4.47. The highest BCUT2D eigenvalue weighted by atomic mass is 16.5. The summed E-state index contributed by atoms with van der Waals surface area (Å²) in [7, 11) is 3.98. The van der Waals surface area contributed by atoms with Gasteiger partial charge in [-0.3, -0.25) is 9.48 Å². The van der Waals surface area contributed by atoms with E-state index in [0.29, 0.717) is 23.9 Å².